The summed E-state index contributed by atoms with van der Waals surface area (Å²) in [6.45, 7) is 1.93. The van der Waals surface area contributed by atoms with Crippen molar-refractivity contribution in [2.24, 2.45) is 5.92 Å². The van der Waals surface area contributed by atoms with Crippen LogP contribution in [0.15, 0.2) is 58.4 Å². The topological polar surface area (TPSA) is 87.2 Å². The fourth-order valence-electron chi connectivity index (χ4n) is 3.59. The minimum Gasteiger partial charge on any atom is -0.480 e. The van der Waals surface area contributed by atoms with Gasteiger partial charge in [0.1, 0.15) is 11.1 Å². The molecule has 2 heterocycles. The molecule has 0 bridgehead atoms. The predicted octanol–water partition coefficient (Wildman–Crippen LogP) is 4.07. The summed E-state index contributed by atoms with van der Waals surface area (Å²) in [4.78, 5) is 40.6. The van der Waals surface area contributed by atoms with E-state index in [9.17, 15) is 23.9 Å². The largest absolute Gasteiger partial charge is 0.480 e. The Kier molecular flexibility index (Phi) is 5.14. The lowest BCUT2D eigenvalue weighted by Gasteiger charge is -2.34. The molecule has 148 valence electrons. The minimum absolute atomic E-state index is 0.242. The molecule has 0 unspecified atom stereocenters. The van der Waals surface area contributed by atoms with Gasteiger partial charge in [-0.2, -0.15) is 0 Å². The van der Waals surface area contributed by atoms with E-state index in [1.807, 2.05) is 31.2 Å². The van der Waals surface area contributed by atoms with Crippen molar-refractivity contribution >= 4 is 34.9 Å². The number of Topliss-reactive ketones (excluding diaryl/α,β-unsaturated/α-hetero) is 1. The number of thiazole rings is 1. The fraction of sp³-hybridized carbons (Fsp3) is 0.190. The second-order valence-electron chi connectivity index (χ2n) is 6.87. The third-order valence-corrected chi connectivity index (χ3v) is 7.37. The second-order valence-corrected chi connectivity index (χ2v) is 9.04. The molecule has 3 aromatic rings. The Bertz CT molecular complexity index is 1130. The normalized spacial score (nSPS) is 20.8. The average Bonchev–Trinajstić information content (AvgIpc) is 3.07. The number of aliphatic carboxylic acids is 1. The van der Waals surface area contributed by atoms with Gasteiger partial charge in [-0.25, -0.2) is 4.39 Å². The summed E-state index contributed by atoms with van der Waals surface area (Å²) in [6, 6.07) is 12.6. The van der Waals surface area contributed by atoms with Crippen molar-refractivity contribution in [1.82, 2.24) is 4.98 Å². The van der Waals surface area contributed by atoms with Crippen LogP contribution in [0.1, 0.15) is 32.3 Å². The molecule has 3 atom stereocenters. The summed E-state index contributed by atoms with van der Waals surface area (Å²) in [5.41, 5.74) is 2.03. The molecule has 0 amide bonds. The maximum Gasteiger partial charge on any atom is 0.317 e. The third kappa shape index (κ3) is 3.65. The van der Waals surface area contributed by atoms with Gasteiger partial charge in [0.15, 0.2) is 5.78 Å². The number of hydrogen-bond donors (Lipinski definition) is 2. The van der Waals surface area contributed by atoms with Gasteiger partial charge in [0.25, 0.3) is 0 Å². The smallest absolute Gasteiger partial charge is 0.317 e. The highest BCUT2D eigenvalue weighted by Crippen LogP contribution is 2.50. The van der Waals surface area contributed by atoms with Gasteiger partial charge in [-0.1, -0.05) is 52.9 Å². The molecule has 2 aromatic carbocycles. The SMILES string of the molecule is Cc1ccc([C@@H]2c3sc(=O)[nH]c3S[C@H](C(=O)O)[C@@H]2C(=O)c2ccc(F)cc2)cc1. The van der Waals surface area contributed by atoms with E-state index >= 15 is 0 Å². The van der Waals surface area contributed by atoms with Crippen molar-refractivity contribution in [2.75, 3.05) is 0 Å². The molecule has 0 fully saturated rings. The van der Waals surface area contributed by atoms with E-state index in [1.54, 1.807) is 0 Å². The van der Waals surface area contributed by atoms with Crippen LogP contribution >= 0.6 is 23.1 Å². The van der Waals surface area contributed by atoms with Crippen molar-refractivity contribution in [3.05, 3.63) is 85.6 Å². The quantitative estimate of drug-likeness (QED) is 0.611. The number of hydrogen-bond acceptors (Lipinski definition) is 5. The fourth-order valence-corrected chi connectivity index (χ4v) is 6.01. The first-order valence-corrected chi connectivity index (χ1v) is 10.5. The molecule has 2 N–H and O–H groups in total. The van der Waals surface area contributed by atoms with Crippen LogP contribution in [0, 0.1) is 18.7 Å². The van der Waals surface area contributed by atoms with Crippen LogP contribution in [0.3, 0.4) is 0 Å². The maximum absolute atomic E-state index is 13.4. The molecule has 0 spiro atoms. The number of aryl methyl sites for hydroxylation is 1. The molecule has 29 heavy (non-hydrogen) atoms. The first-order valence-electron chi connectivity index (χ1n) is 8.84. The van der Waals surface area contributed by atoms with Gasteiger partial charge < -0.3 is 10.1 Å². The highest BCUT2D eigenvalue weighted by molar-refractivity contribution is 8.00. The number of thioether (sulfide) groups is 1. The van der Waals surface area contributed by atoms with Crippen molar-refractivity contribution in [3.8, 4) is 0 Å². The summed E-state index contributed by atoms with van der Waals surface area (Å²) in [5.74, 6) is -3.53. The third-order valence-electron chi connectivity index (χ3n) is 4.97. The van der Waals surface area contributed by atoms with E-state index in [-0.39, 0.29) is 16.2 Å². The first-order chi connectivity index (χ1) is 13.8. The Morgan fingerprint density at radius 1 is 1.07 bits per heavy atom. The summed E-state index contributed by atoms with van der Waals surface area (Å²) < 4.78 is 13.3. The van der Waals surface area contributed by atoms with Gasteiger partial charge in [-0.3, -0.25) is 14.4 Å². The van der Waals surface area contributed by atoms with Gasteiger partial charge in [-0.15, -0.1) is 0 Å². The number of H-pyrrole nitrogens is 1. The van der Waals surface area contributed by atoms with E-state index in [2.05, 4.69) is 4.98 Å². The van der Waals surface area contributed by atoms with E-state index in [4.69, 9.17) is 0 Å². The summed E-state index contributed by atoms with van der Waals surface area (Å²) in [5, 5.41) is 9.27. The lowest BCUT2D eigenvalue weighted by molar-refractivity contribution is -0.137. The number of nitrogens with one attached hydrogen (secondary N) is 1. The minimum atomic E-state index is -1.13. The monoisotopic (exact) mass is 429 g/mol. The molecule has 4 rings (SSSR count). The number of aromatic amines is 1. The van der Waals surface area contributed by atoms with Crippen LogP contribution < -0.4 is 4.87 Å². The van der Waals surface area contributed by atoms with Crippen molar-refractivity contribution < 1.29 is 19.1 Å². The van der Waals surface area contributed by atoms with Crippen molar-refractivity contribution in [1.29, 1.82) is 0 Å². The van der Waals surface area contributed by atoms with Crippen molar-refractivity contribution in [3.63, 3.8) is 0 Å². The van der Waals surface area contributed by atoms with Gasteiger partial charge in [0.2, 0.25) is 0 Å². The lowest BCUT2D eigenvalue weighted by atomic mass is 9.77. The Morgan fingerprint density at radius 3 is 2.34 bits per heavy atom. The number of benzene rings is 2. The highest BCUT2D eigenvalue weighted by Gasteiger charge is 2.47. The predicted molar refractivity (Wildman–Crippen MR) is 109 cm³/mol. The summed E-state index contributed by atoms with van der Waals surface area (Å²) >= 11 is 1.97. The number of aromatic nitrogens is 1. The van der Waals surface area contributed by atoms with Gasteiger partial charge >= 0.3 is 10.8 Å². The highest BCUT2D eigenvalue weighted by atomic mass is 32.2. The Balaban J connectivity index is 1.90. The summed E-state index contributed by atoms with van der Waals surface area (Å²) in [6.07, 6.45) is 0. The number of halogens is 1. The van der Waals surface area contributed by atoms with E-state index < -0.39 is 28.9 Å². The average molecular weight is 429 g/mol. The molecular formula is C21H16FNO4S2. The Hall–Kier alpha value is -2.71. The number of carbonyl (C=O) groups excluding carboxylic acids is 1. The first kappa shape index (κ1) is 19.6. The molecule has 1 aromatic heterocycles. The van der Waals surface area contributed by atoms with Gasteiger partial charge in [-0.05, 0) is 36.8 Å². The maximum atomic E-state index is 13.4. The van der Waals surface area contributed by atoms with Gasteiger partial charge in [0.05, 0.1) is 10.9 Å². The molecule has 1 aliphatic rings. The zero-order chi connectivity index (χ0) is 20.7. The van der Waals surface area contributed by atoms with Crippen LogP contribution in [-0.2, 0) is 4.79 Å². The molecule has 5 nitrogen and oxygen atoms in total. The Morgan fingerprint density at radius 2 is 1.72 bits per heavy atom. The van der Waals surface area contributed by atoms with Crippen LogP contribution in [0.25, 0.3) is 0 Å². The lowest BCUT2D eigenvalue weighted by Crippen LogP contribution is -2.39. The van der Waals surface area contributed by atoms with Crippen LogP contribution in [-0.4, -0.2) is 27.1 Å². The van der Waals surface area contributed by atoms with Crippen LogP contribution in [0.2, 0.25) is 0 Å². The number of ketones is 1. The molecule has 1 aliphatic heterocycles. The number of fused-ring (bicyclic) bond motifs is 1. The standard InChI is InChI=1S/C21H16FNO4S2/c1-10-2-4-11(5-3-10)14-15(16(24)12-6-8-13(22)9-7-12)18(20(25)26)28-19-17(14)29-21(27)23-19/h2-9,14-15,18H,1H3,(H,23,27)(H,25,26)/t14-,15-,18-/m0/s1. The number of rotatable bonds is 4. The molecule has 0 saturated carbocycles. The number of carboxylic acids is 1. The van der Waals surface area contributed by atoms with Crippen molar-refractivity contribution in [2.45, 2.75) is 23.1 Å². The Labute approximate surface area is 173 Å². The van der Waals surface area contributed by atoms with Crippen LogP contribution in [0.5, 0.6) is 0 Å². The zero-order valence-electron chi connectivity index (χ0n) is 15.2. The van der Waals surface area contributed by atoms with E-state index in [0.717, 1.165) is 34.2 Å². The van der Waals surface area contributed by atoms with E-state index in [0.29, 0.717) is 9.90 Å². The van der Waals surface area contributed by atoms with Gasteiger partial charge in [0, 0.05) is 16.4 Å². The second kappa shape index (κ2) is 7.61. The summed E-state index contributed by atoms with van der Waals surface area (Å²) in [7, 11) is 0. The number of carbonyl (C=O) groups is 2. The molecule has 0 saturated heterocycles. The molecule has 0 radical (unpaired) electrons. The molecule has 0 aliphatic carbocycles. The zero-order valence-corrected chi connectivity index (χ0v) is 16.9. The van der Waals surface area contributed by atoms with Crippen LogP contribution in [0.4, 0.5) is 4.39 Å². The van der Waals surface area contributed by atoms with E-state index in [1.165, 1.54) is 24.3 Å². The number of carboxylic acid groups (broad SMARTS) is 1. The molecular weight excluding hydrogens is 413 g/mol. The molecule has 8 heteroatoms.